The van der Waals surface area contributed by atoms with Crippen molar-refractivity contribution in [1.82, 2.24) is 15.2 Å². The van der Waals surface area contributed by atoms with Crippen molar-refractivity contribution in [3.05, 3.63) is 36.0 Å². The number of carbonyl (C=O) groups excluding carboxylic acids is 2. The number of aromatic nitrogens is 1. The van der Waals surface area contributed by atoms with Crippen molar-refractivity contribution in [2.75, 3.05) is 13.1 Å². The number of amides is 2. The van der Waals surface area contributed by atoms with Gasteiger partial charge in [0.1, 0.15) is 6.04 Å². The average molecular weight is 367 g/mol. The summed E-state index contributed by atoms with van der Waals surface area (Å²) in [5.74, 6) is -2.45. The molecule has 140 valence electrons. The third-order valence-corrected chi connectivity index (χ3v) is 4.66. The molecule has 2 heterocycles. The Hall–Kier alpha value is -2.51. The van der Waals surface area contributed by atoms with Gasteiger partial charge < -0.3 is 15.2 Å². The van der Waals surface area contributed by atoms with Crippen LogP contribution in [0.4, 0.5) is 13.2 Å². The van der Waals surface area contributed by atoms with Crippen molar-refractivity contribution >= 4 is 22.7 Å². The highest BCUT2D eigenvalue weighted by Crippen LogP contribution is 2.25. The van der Waals surface area contributed by atoms with Gasteiger partial charge in [-0.3, -0.25) is 9.59 Å². The van der Waals surface area contributed by atoms with Gasteiger partial charge in [-0.15, -0.1) is 0 Å². The highest BCUT2D eigenvalue weighted by atomic mass is 19.4. The van der Waals surface area contributed by atoms with Crippen molar-refractivity contribution < 1.29 is 22.8 Å². The van der Waals surface area contributed by atoms with E-state index >= 15 is 0 Å². The molecule has 0 unspecified atom stereocenters. The summed E-state index contributed by atoms with van der Waals surface area (Å²) in [6, 6.07) is 6.86. The van der Waals surface area contributed by atoms with E-state index in [1.54, 1.807) is 0 Å². The van der Waals surface area contributed by atoms with E-state index in [-0.39, 0.29) is 13.0 Å². The minimum atomic E-state index is -4.95. The van der Waals surface area contributed by atoms with Gasteiger partial charge in [0, 0.05) is 30.2 Å². The van der Waals surface area contributed by atoms with Crippen molar-refractivity contribution in [3.63, 3.8) is 0 Å². The number of benzene rings is 1. The zero-order valence-electron chi connectivity index (χ0n) is 14.1. The second-order valence-electron chi connectivity index (χ2n) is 6.41. The number of aromatic amines is 1. The van der Waals surface area contributed by atoms with Gasteiger partial charge in [-0.05, 0) is 37.3 Å². The Morgan fingerprint density at radius 1 is 1.27 bits per heavy atom. The Morgan fingerprint density at radius 3 is 2.81 bits per heavy atom. The van der Waals surface area contributed by atoms with E-state index < -0.39 is 24.0 Å². The first kappa shape index (κ1) is 18.3. The number of hydrogen-bond acceptors (Lipinski definition) is 2. The van der Waals surface area contributed by atoms with E-state index in [2.05, 4.69) is 10.3 Å². The number of para-hydroxylation sites is 1. The maximum atomic E-state index is 12.6. The lowest BCUT2D eigenvalue weighted by atomic mass is 10.1. The number of rotatable bonds is 5. The molecule has 0 saturated carbocycles. The van der Waals surface area contributed by atoms with Crippen LogP contribution in [0.2, 0.25) is 0 Å². The average Bonchev–Trinajstić information content (AvgIpc) is 3.24. The zero-order chi connectivity index (χ0) is 18.7. The van der Waals surface area contributed by atoms with E-state index in [1.807, 2.05) is 30.5 Å². The molecule has 1 aliphatic rings. The van der Waals surface area contributed by atoms with Crippen molar-refractivity contribution in [1.29, 1.82) is 0 Å². The highest BCUT2D eigenvalue weighted by molar-refractivity contribution is 5.90. The van der Waals surface area contributed by atoms with Gasteiger partial charge in [-0.1, -0.05) is 18.2 Å². The fraction of sp³-hybridized carbons (Fsp3) is 0.444. The lowest BCUT2D eigenvalue weighted by Gasteiger charge is -2.24. The first-order valence-corrected chi connectivity index (χ1v) is 8.58. The van der Waals surface area contributed by atoms with Crippen LogP contribution in [-0.4, -0.2) is 47.0 Å². The molecular formula is C18H20F3N3O2. The van der Waals surface area contributed by atoms with Gasteiger partial charge in [-0.25, -0.2) is 0 Å². The zero-order valence-corrected chi connectivity index (χ0v) is 14.1. The lowest BCUT2D eigenvalue weighted by Crippen LogP contribution is -2.50. The van der Waals surface area contributed by atoms with Crippen molar-refractivity contribution in [2.24, 2.45) is 0 Å². The second kappa shape index (κ2) is 7.39. The minimum Gasteiger partial charge on any atom is -0.361 e. The molecule has 1 aromatic heterocycles. The molecule has 2 amide bonds. The summed E-state index contributed by atoms with van der Waals surface area (Å²) in [6.45, 7) is 0.314. The molecule has 0 bridgehead atoms. The molecule has 0 aliphatic carbocycles. The van der Waals surface area contributed by atoms with Crippen LogP contribution in [0.5, 0.6) is 0 Å². The molecule has 2 N–H and O–H groups in total. The molecule has 0 spiro atoms. The smallest absolute Gasteiger partial charge is 0.361 e. The molecule has 8 heteroatoms. The number of H-pyrrole nitrogens is 1. The van der Waals surface area contributed by atoms with Crippen molar-refractivity contribution in [2.45, 2.75) is 37.9 Å². The fourth-order valence-electron chi connectivity index (χ4n) is 3.39. The molecule has 1 aliphatic heterocycles. The van der Waals surface area contributed by atoms with Gasteiger partial charge in [0.15, 0.2) is 0 Å². The summed E-state index contributed by atoms with van der Waals surface area (Å²) in [7, 11) is 0. The summed E-state index contributed by atoms with van der Waals surface area (Å²) >= 11 is 0. The standard InChI is InChI=1S/C18H20F3N3O2/c19-18(20,21)17(26)24-10-4-8-15(24)16(25)22-9-3-5-12-11-23-14-7-2-1-6-13(12)14/h1-2,6-7,11,15,23H,3-5,8-10H2,(H,22,25)/t15-/m1/s1. The van der Waals surface area contributed by atoms with Crippen LogP contribution in [0, 0.1) is 0 Å². The molecule has 1 fully saturated rings. The van der Waals surface area contributed by atoms with Gasteiger partial charge in [-0.2, -0.15) is 13.2 Å². The van der Waals surface area contributed by atoms with Gasteiger partial charge in [0.05, 0.1) is 0 Å². The number of aryl methyl sites for hydroxylation is 1. The maximum Gasteiger partial charge on any atom is 0.471 e. The highest BCUT2D eigenvalue weighted by Gasteiger charge is 2.47. The van der Waals surface area contributed by atoms with Crippen LogP contribution >= 0.6 is 0 Å². The number of nitrogens with one attached hydrogen (secondary N) is 2. The Labute approximate surface area is 148 Å². The van der Waals surface area contributed by atoms with E-state index in [9.17, 15) is 22.8 Å². The second-order valence-corrected chi connectivity index (χ2v) is 6.41. The Kier molecular flexibility index (Phi) is 5.20. The molecule has 0 radical (unpaired) electrons. The fourth-order valence-corrected chi connectivity index (χ4v) is 3.39. The summed E-state index contributed by atoms with van der Waals surface area (Å²) in [5.41, 5.74) is 2.17. The molecule has 1 atom stereocenters. The molecule has 1 saturated heterocycles. The van der Waals surface area contributed by atoms with E-state index in [1.165, 1.54) is 0 Å². The number of halogens is 3. The maximum absolute atomic E-state index is 12.6. The minimum absolute atomic E-state index is 0.0359. The Morgan fingerprint density at radius 2 is 2.04 bits per heavy atom. The number of alkyl halides is 3. The summed E-state index contributed by atoms with van der Waals surface area (Å²) in [6.07, 6.45) is -0.968. The molecule has 1 aromatic carbocycles. The van der Waals surface area contributed by atoms with E-state index in [0.717, 1.165) is 22.9 Å². The SMILES string of the molecule is O=C(NCCCc1c[nH]c2ccccc12)[C@H]1CCCN1C(=O)C(F)(F)F. The van der Waals surface area contributed by atoms with E-state index in [0.29, 0.717) is 24.3 Å². The number of carbonyl (C=O) groups is 2. The molecule has 26 heavy (non-hydrogen) atoms. The molecule has 3 rings (SSSR count). The van der Waals surface area contributed by atoms with Crippen LogP contribution in [0.1, 0.15) is 24.8 Å². The predicted molar refractivity (Wildman–Crippen MR) is 90.4 cm³/mol. The molecular weight excluding hydrogens is 347 g/mol. The topological polar surface area (TPSA) is 65.2 Å². The summed E-state index contributed by atoms with van der Waals surface area (Å²) in [4.78, 5) is 27.4. The van der Waals surface area contributed by atoms with Crippen LogP contribution in [-0.2, 0) is 16.0 Å². The number of fused-ring (bicyclic) bond motifs is 1. The lowest BCUT2D eigenvalue weighted by molar-refractivity contribution is -0.186. The van der Waals surface area contributed by atoms with Crippen LogP contribution < -0.4 is 5.32 Å². The molecule has 2 aromatic rings. The monoisotopic (exact) mass is 367 g/mol. The van der Waals surface area contributed by atoms with Gasteiger partial charge in [0.25, 0.3) is 0 Å². The van der Waals surface area contributed by atoms with E-state index in [4.69, 9.17) is 0 Å². The Bertz CT molecular complexity index is 800. The van der Waals surface area contributed by atoms with Crippen molar-refractivity contribution in [3.8, 4) is 0 Å². The number of nitrogens with zero attached hydrogens (tertiary/aromatic N) is 1. The third-order valence-electron chi connectivity index (χ3n) is 4.66. The predicted octanol–water partition coefficient (Wildman–Crippen LogP) is 2.77. The third kappa shape index (κ3) is 3.84. The van der Waals surface area contributed by atoms with Crippen LogP contribution in [0.15, 0.2) is 30.5 Å². The summed E-state index contributed by atoms with van der Waals surface area (Å²) in [5, 5.41) is 3.78. The quantitative estimate of drug-likeness (QED) is 0.798. The normalized spacial score (nSPS) is 17.7. The Balaban J connectivity index is 1.50. The number of hydrogen-bond donors (Lipinski definition) is 2. The van der Waals surface area contributed by atoms with Gasteiger partial charge >= 0.3 is 12.1 Å². The largest absolute Gasteiger partial charge is 0.471 e. The number of likely N-dealkylation sites (tertiary alicyclic amines) is 1. The van der Waals surface area contributed by atoms with Crippen LogP contribution in [0.3, 0.4) is 0 Å². The first-order valence-electron chi connectivity index (χ1n) is 8.58. The van der Waals surface area contributed by atoms with Crippen LogP contribution in [0.25, 0.3) is 10.9 Å². The summed E-state index contributed by atoms with van der Waals surface area (Å²) < 4.78 is 37.8. The molecule has 5 nitrogen and oxygen atoms in total. The van der Waals surface area contributed by atoms with Gasteiger partial charge in [0.2, 0.25) is 5.91 Å². The first-order chi connectivity index (χ1) is 12.4.